The molecule has 0 fully saturated rings. The first-order valence-electron chi connectivity index (χ1n) is 4.93. The number of methoxy groups -OCH3 is 1. The van der Waals surface area contributed by atoms with Crippen LogP contribution in [0.3, 0.4) is 0 Å². The summed E-state index contributed by atoms with van der Waals surface area (Å²) >= 11 is 0. The SMILES string of the molecule is CO[C@H](C(=O)NC(C)(C)C)C(C)(C)C. The first-order chi connectivity index (χ1) is 6.08. The van der Waals surface area contributed by atoms with E-state index in [9.17, 15) is 4.79 Å². The van der Waals surface area contributed by atoms with E-state index < -0.39 is 6.10 Å². The van der Waals surface area contributed by atoms with E-state index in [1.165, 1.54) is 0 Å². The second-order valence-electron chi connectivity index (χ2n) is 5.72. The highest BCUT2D eigenvalue weighted by Crippen LogP contribution is 2.22. The molecule has 0 heterocycles. The lowest BCUT2D eigenvalue weighted by molar-refractivity contribution is -0.138. The second kappa shape index (κ2) is 4.30. The van der Waals surface area contributed by atoms with Crippen LogP contribution in [0.4, 0.5) is 0 Å². The van der Waals surface area contributed by atoms with Gasteiger partial charge in [0.25, 0.3) is 0 Å². The summed E-state index contributed by atoms with van der Waals surface area (Å²) in [5, 5.41) is 2.91. The van der Waals surface area contributed by atoms with Crippen molar-refractivity contribution in [3.8, 4) is 0 Å². The van der Waals surface area contributed by atoms with Gasteiger partial charge in [-0.3, -0.25) is 4.79 Å². The Morgan fingerprint density at radius 2 is 1.57 bits per heavy atom. The molecule has 1 amide bonds. The Kier molecular flexibility index (Phi) is 4.13. The van der Waals surface area contributed by atoms with Crippen LogP contribution in [0, 0.1) is 5.41 Å². The number of hydrogen-bond donors (Lipinski definition) is 1. The fourth-order valence-electron chi connectivity index (χ4n) is 1.29. The molecule has 0 aliphatic rings. The quantitative estimate of drug-likeness (QED) is 0.741. The highest BCUT2D eigenvalue weighted by Gasteiger charge is 2.32. The summed E-state index contributed by atoms with van der Waals surface area (Å²) in [7, 11) is 1.57. The molecular formula is C11H23NO2. The Morgan fingerprint density at radius 3 is 1.79 bits per heavy atom. The maximum absolute atomic E-state index is 11.8. The average Bonchev–Trinajstić information content (AvgIpc) is 1.79. The molecule has 0 aromatic carbocycles. The van der Waals surface area contributed by atoms with Gasteiger partial charge in [0.15, 0.2) is 0 Å². The van der Waals surface area contributed by atoms with Gasteiger partial charge in [-0.15, -0.1) is 0 Å². The van der Waals surface area contributed by atoms with Gasteiger partial charge in [0.2, 0.25) is 5.91 Å². The average molecular weight is 201 g/mol. The van der Waals surface area contributed by atoms with Gasteiger partial charge in [0, 0.05) is 12.6 Å². The van der Waals surface area contributed by atoms with Gasteiger partial charge in [0.05, 0.1) is 0 Å². The fourth-order valence-corrected chi connectivity index (χ4v) is 1.29. The molecule has 0 aromatic rings. The van der Waals surface area contributed by atoms with E-state index in [4.69, 9.17) is 4.74 Å². The summed E-state index contributed by atoms with van der Waals surface area (Å²) in [5.74, 6) is -0.0486. The van der Waals surface area contributed by atoms with Crippen LogP contribution in [0.1, 0.15) is 41.5 Å². The Hall–Kier alpha value is -0.570. The largest absolute Gasteiger partial charge is 0.371 e. The lowest BCUT2D eigenvalue weighted by Gasteiger charge is -2.31. The van der Waals surface area contributed by atoms with Crippen molar-refractivity contribution in [3.05, 3.63) is 0 Å². The van der Waals surface area contributed by atoms with E-state index >= 15 is 0 Å². The maximum Gasteiger partial charge on any atom is 0.250 e. The van der Waals surface area contributed by atoms with Crippen LogP contribution in [-0.4, -0.2) is 24.7 Å². The zero-order valence-electron chi connectivity index (χ0n) is 10.4. The molecule has 0 aliphatic carbocycles. The summed E-state index contributed by atoms with van der Waals surface area (Å²) in [5.41, 5.74) is -0.386. The maximum atomic E-state index is 11.8. The van der Waals surface area contributed by atoms with E-state index in [1.54, 1.807) is 7.11 Å². The zero-order chi connectivity index (χ0) is 11.6. The van der Waals surface area contributed by atoms with Crippen LogP contribution in [0.15, 0.2) is 0 Å². The Morgan fingerprint density at radius 1 is 1.14 bits per heavy atom. The Balaban J connectivity index is 4.50. The number of nitrogens with one attached hydrogen (secondary N) is 1. The molecule has 0 rings (SSSR count). The van der Waals surface area contributed by atoms with Crippen molar-refractivity contribution in [2.45, 2.75) is 53.2 Å². The van der Waals surface area contributed by atoms with Gasteiger partial charge in [-0.25, -0.2) is 0 Å². The highest BCUT2D eigenvalue weighted by atomic mass is 16.5. The molecule has 1 N–H and O–H groups in total. The molecule has 3 nitrogen and oxygen atoms in total. The molecule has 0 aliphatic heterocycles. The molecule has 0 unspecified atom stereocenters. The van der Waals surface area contributed by atoms with Crippen molar-refractivity contribution < 1.29 is 9.53 Å². The minimum absolute atomic E-state index is 0.0486. The molecule has 0 saturated heterocycles. The number of rotatable bonds is 2. The predicted octanol–water partition coefficient (Wildman–Crippen LogP) is 1.96. The minimum atomic E-state index is -0.401. The molecule has 0 bridgehead atoms. The molecule has 0 saturated carbocycles. The van der Waals surface area contributed by atoms with Crippen molar-refractivity contribution in [1.82, 2.24) is 5.32 Å². The summed E-state index contributed by atoms with van der Waals surface area (Å²) in [6.45, 7) is 11.8. The predicted molar refractivity (Wildman–Crippen MR) is 58.1 cm³/mol. The summed E-state index contributed by atoms with van der Waals surface area (Å²) in [4.78, 5) is 11.8. The van der Waals surface area contributed by atoms with Crippen LogP contribution in [-0.2, 0) is 9.53 Å². The topological polar surface area (TPSA) is 38.3 Å². The highest BCUT2D eigenvalue weighted by molar-refractivity contribution is 5.82. The minimum Gasteiger partial charge on any atom is -0.371 e. The third-order valence-corrected chi connectivity index (χ3v) is 1.76. The second-order valence-corrected chi connectivity index (χ2v) is 5.72. The van der Waals surface area contributed by atoms with Crippen molar-refractivity contribution in [2.75, 3.05) is 7.11 Å². The number of carbonyl (C=O) groups is 1. The van der Waals surface area contributed by atoms with Crippen LogP contribution in [0.2, 0.25) is 0 Å². The van der Waals surface area contributed by atoms with Crippen LogP contribution >= 0.6 is 0 Å². The molecule has 0 spiro atoms. The molecule has 0 aromatic heterocycles. The number of amides is 1. The third-order valence-electron chi connectivity index (χ3n) is 1.76. The van der Waals surface area contributed by atoms with Crippen molar-refractivity contribution in [2.24, 2.45) is 5.41 Å². The number of carbonyl (C=O) groups excluding carboxylic acids is 1. The molecule has 84 valence electrons. The van der Waals surface area contributed by atoms with Gasteiger partial charge < -0.3 is 10.1 Å². The van der Waals surface area contributed by atoms with Gasteiger partial charge in [-0.2, -0.15) is 0 Å². The van der Waals surface area contributed by atoms with E-state index in [1.807, 2.05) is 41.5 Å². The summed E-state index contributed by atoms with van der Waals surface area (Å²) in [6, 6.07) is 0. The van der Waals surface area contributed by atoms with Gasteiger partial charge in [0.1, 0.15) is 6.10 Å². The molecular weight excluding hydrogens is 178 g/mol. The number of hydrogen-bond acceptors (Lipinski definition) is 2. The van der Waals surface area contributed by atoms with Crippen molar-refractivity contribution >= 4 is 5.91 Å². The molecule has 0 radical (unpaired) electrons. The zero-order valence-corrected chi connectivity index (χ0v) is 10.4. The fraction of sp³-hybridized carbons (Fsp3) is 0.909. The van der Waals surface area contributed by atoms with Crippen LogP contribution < -0.4 is 5.32 Å². The Labute approximate surface area is 87.2 Å². The molecule has 14 heavy (non-hydrogen) atoms. The molecule has 3 heteroatoms. The van der Waals surface area contributed by atoms with E-state index in [2.05, 4.69) is 5.32 Å². The van der Waals surface area contributed by atoms with E-state index in [0.717, 1.165) is 0 Å². The van der Waals surface area contributed by atoms with Gasteiger partial charge in [-0.05, 0) is 26.2 Å². The normalized spacial score (nSPS) is 15.1. The summed E-state index contributed by atoms with van der Waals surface area (Å²) < 4.78 is 5.21. The third kappa shape index (κ3) is 4.61. The van der Waals surface area contributed by atoms with Gasteiger partial charge >= 0.3 is 0 Å². The molecule has 1 atom stereocenters. The lowest BCUT2D eigenvalue weighted by atomic mass is 9.88. The smallest absolute Gasteiger partial charge is 0.250 e. The first-order valence-corrected chi connectivity index (χ1v) is 4.93. The number of ether oxygens (including phenoxy) is 1. The van der Waals surface area contributed by atoms with Crippen LogP contribution in [0.5, 0.6) is 0 Å². The first kappa shape index (κ1) is 13.4. The van der Waals surface area contributed by atoms with Crippen LogP contribution in [0.25, 0.3) is 0 Å². The standard InChI is InChI=1S/C11H23NO2/c1-10(2,3)8(14-7)9(13)12-11(4,5)6/h8H,1-7H3,(H,12,13)/t8-/m1/s1. The summed E-state index contributed by atoms with van der Waals surface area (Å²) in [6.07, 6.45) is -0.401. The van der Waals surface area contributed by atoms with E-state index in [-0.39, 0.29) is 16.9 Å². The Bertz CT molecular complexity index is 198. The monoisotopic (exact) mass is 201 g/mol. The lowest BCUT2D eigenvalue weighted by Crippen LogP contribution is -2.50. The van der Waals surface area contributed by atoms with Gasteiger partial charge in [-0.1, -0.05) is 20.8 Å². The van der Waals surface area contributed by atoms with E-state index in [0.29, 0.717) is 0 Å². The van der Waals surface area contributed by atoms with Crippen molar-refractivity contribution in [1.29, 1.82) is 0 Å². The van der Waals surface area contributed by atoms with Crippen molar-refractivity contribution in [3.63, 3.8) is 0 Å².